The van der Waals surface area contributed by atoms with E-state index in [0.717, 1.165) is 21.3 Å². The van der Waals surface area contributed by atoms with Crippen LogP contribution in [0.2, 0.25) is 0 Å². The van der Waals surface area contributed by atoms with Crippen LogP contribution in [-0.2, 0) is 10.3 Å². The number of para-hydroxylation sites is 1. The molecule has 4 rings (SSSR count). The molecule has 5 heteroatoms. The standard InChI is InChI=1S/C22H15NO3S/c1-22(14-23,26-21(24)15-7-3-2-4-8-15)16-11-12-18-20(13-16)27-19-10-6-5-9-17(19)25-18/h2-13H,1H3. The van der Waals surface area contributed by atoms with Crippen molar-refractivity contribution in [1.82, 2.24) is 0 Å². The van der Waals surface area contributed by atoms with E-state index in [-0.39, 0.29) is 0 Å². The van der Waals surface area contributed by atoms with Gasteiger partial charge in [-0.1, -0.05) is 48.2 Å². The van der Waals surface area contributed by atoms with Crippen molar-refractivity contribution in [2.45, 2.75) is 22.3 Å². The predicted octanol–water partition coefficient (Wildman–Crippen LogP) is 5.54. The Kier molecular flexibility index (Phi) is 4.35. The number of hydrogen-bond donors (Lipinski definition) is 0. The molecule has 4 nitrogen and oxygen atoms in total. The Morgan fingerprint density at radius 3 is 2.48 bits per heavy atom. The molecule has 1 aliphatic rings. The number of carbonyl (C=O) groups excluding carboxylic acids is 1. The van der Waals surface area contributed by atoms with Crippen LogP contribution in [0.15, 0.2) is 82.6 Å². The second-order valence-electron chi connectivity index (χ2n) is 6.21. The summed E-state index contributed by atoms with van der Waals surface area (Å²) in [5, 5.41) is 9.73. The van der Waals surface area contributed by atoms with E-state index >= 15 is 0 Å². The van der Waals surface area contributed by atoms with Gasteiger partial charge in [0.15, 0.2) is 0 Å². The van der Waals surface area contributed by atoms with Gasteiger partial charge in [-0.2, -0.15) is 5.26 Å². The summed E-state index contributed by atoms with van der Waals surface area (Å²) in [6.07, 6.45) is 0. The molecule has 3 aromatic rings. The average molecular weight is 373 g/mol. The molecule has 0 fully saturated rings. The Hall–Kier alpha value is -3.23. The second kappa shape index (κ2) is 6.82. The van der Waals surface area contributed by atoms with Crippen LogP contribution >= 0.6 is 11.8 Å². The number of esters is 1. The number of nitrogens with zero attached hydrogens (tertiary/aromatic N) is 1. The normalized spacial score (nSPS) is 13.9. The van der Waals surface area contributed by atoms with E-state index in [4.69, 9.17) is 9.47 Å². The Balaban J connectivity index is 1.64. The monoisotopic (exact) mass is 373 g/mol. The van der Waals surface area contributed by atoms with Crippen LogP contribution in [0.5, 0.6) is 11.5 Å². The molecule has 0 N–H and O–H groups in total. The summed E-state index contributed by atoms with van der Waals surface area (Å²) < 4.78 is 11.5. The van der Waals surface area contributed by atoms with E-state index in [1.54, 1.807) is 55.1 Å². The Morgan fingerprint density at radius 2 is 1.70 bits per heavy atom. The van der Waals surface area contributed by atoms with E-state index in [0.29, 0.717) is 11.1 Å². The number of rotatable bonds is 3. The van der Waals surface area contributed by atoms with E-state index in [1.807, 2.05) is 36.4 Å². The lowest BCUT2D eigenvalue weighted by molar-refractivity contribution is 0.0120. The Morgan fingerprint density at radius 1 is 1.00 bits per heavy atom. The van der Waals surface area contributed by atoms with Crippen molar-refractivity contribution in [1.29, 1.82) is 5.26 Å². The minimum Gasteiger partial charge on any atom is -0.455 e. The minimum atomic E-state index is -1.40. The lowest BCUT2D eigenvalue weighted by Gasteiger charge is -2.25. The van der Waals surface area contributed by atoms with Gasteiger partial charge in [-0.15, -0.1) is 0 Å². The highest BCUT2D eigenvalue weighted by molar-refractivity contribution is 7.99. The number of nitriles is 1. The second-order valence-corrected chi connectivity index (χ2v) is 7.30. The maximum Gasteiger partial charge on any atom is 0.339 e. The average Bonchev–Trinajstić information content (AvgIpc) is 2.72. The summed E-state index contributed by atoms with van der Waals surface area (Å²) in [6.45, 7) is 1.60. The minimum absolute atomic E-state index is 0.406. The molecule has 1 atom stereocenters. The van der Waals surface area contributed by atoms with Crippen molar-refractivity contribution < 1.29 is 14.3 Å². The van der Waals surface area contributed by atoms with Crippen molar-refractivity contribution in [3.63, 3.8) is 0 Å². The Bertz CT molecular complexity index is 1060. The van der Waals surface area contributed by atoms with Gasteiger partial charge in [0.05, 0.1) is 15.4 Å². The van der Waals surface area contributed by atoms with Gasteiger partial charge in [0.2, 0.25) is 5.60 Å². The summed E-state index contributed by atoms with van der Waals surface area (Å²) in [4.78, 5) is 14.3. The third-order valence-electron chi connectivity index (χ3n) is 4.30. The number of carbonyl (C=O) groups is 1. The van der Waals surface area contributed by atoms with Gasteiger partial charge in [-0.25, -0.2) is 4.79 Å². The van der Waals surface area contributed by atoms with Crippen LogP contribution < -0.4 is 4.74 Å². The fourth-order valence-corrected chi connectivity index (χ4v) is 3.78. The molecule has 0 saturated heterocycles. The van der Waals surface area contributed by atoms with Crippen LogP contribution in [0.4, 0.5) is 0 Å². The van der Waals surface area contributed by atoms with Crippen molar-refractivity contribution in [3.8, 4) is 17.6 Å². The molecule has 132 valence electrons. The molecule has 1 heterocycles. The number of hydrogen-bond acceptors (Lipinski definition) is 5. The molecule has 0 bridgehead atoms. The first kappa shape index (κ1) is 17.2. The number of benzene rings is 3. The largest absolute Gasteiger partial charge is 0.455 e. The van der Waals surface area contributed by atoms with E-state index in [2.05, 4.69) is 6.07 Å². The maximum atomic E-state index is 12.4. The molecule has 0 radical (unpaired) electrons. The molecule has 0 aliphatic carbocycles. The molecule has 0 spiro atoms. The van der Waals surface area contributed by atoms with Crippen LogP contribution in [0.1, 0.15) is 22.8 Å². The molecule has 1 aliphatic heterocycles. The van der Waals surface area contributed by atoms with Crippen molar-refractivity contribution in [2.75, 3.05) is 0 Å². The summed E-state index contributed by atoms with van der Waals surface area (Å²) in [5.74, 6) is 0.991. The molecule has 3 aromatic carbocycles. The summed E-state index contributed by atoms with van der Waals surface area (Å²) in [7, 11) is 0. The summed E-state index contributed by atoms with van der Waals surface area (Å²) in [5.41, 5.74) is -0.397. The summed E-state index contributed by atoms with van der Waals surface area (Å²) in [6, 6.07) is 24.0. The van der Waals surface area contributed by atoms with Crippen LogP contribution in [0.25, 0.3) is 0 Å². The third-order valence-corrected chi connectivity index (χ3v) is 5.40. The quantitative estimate of drug-likeness (QED) is 0.441. The third kappa shape index (κ3) is 3.27. The SMILES string of the molecule is CC(C#N)(OC(=O)c1ccccc1)c1ccc2c(c1)Sc1ccccc1O2. The van der Waals surface area contributed by atoms with E-state index in [1.165, 1.54) is 0 Å². The molecule has 1 unspecified atom stereocenters. The maximum absolute atomic E-state index is 12.4. The zero-order valence-electron chi connectivity index (χ0n) is 14.5. The lowest BCUT2D eigenvalue weighted by atomic mass is 9.97. The fourth-order valence-electron chi connectivity index (χ4n) is 2.79. The van der Waals surface area contributed by atoms with E-state index < -0.39 is 11.6 Å². The summed E-state index contributed by atoms with van der Waals surface area (Å²) >= 11 is 1.56. The fraction of sp³-hybridized carbons (Fsp3) is 0.0909. The van der Waals surface area contributed by atoms with Gasteiger partial charge in [0.25, 0.3) is 0 Å². The van der Waals surface area contributed by atoms with Gasteiger partial charge in [-0.3, -0.25) is 0 Å². The van der Waals surface area contributed by atoms with Crippen molar-refractivity contribution in [3.05, 3.63) is 83.9 Å². The van der Waals surface area contributed by atoms with Crippen LogP contribution in [0, 0.1) is 11.3 Å². The zero-order valence-corrected chi connectivity index (χ0v) is 15.3. The van der Waals surface area contributed by atoms with Gasteiger partial charge in [0.1, 0.15) is 17.6 Å². The first-order valence-electron chi connectivity index (χ1n) is 8.38. The molecule has 0 amide bonds. The highest BCUT2D eigenvalue weighted by atomic mass is 32.2. The topological polar surface area (TPSA) is 59.3 Å². The first-order valence-corrected chi connectivity index (χ1v) is 9.20. The van der Waals surface area contributed by atoms with Crippen molar-refractivity contribution >= 4 is 17.7 Å². The number of ether oxygens (including phenoxy) is 2. The lowest BCUT2D eigenvalue weighted by Crippen LogP contribution is -2.27. The van der Waals surface area contributed by atoms with Crippen LogP contribution in [-0.4, -0.2) is 5.97 Å². The molecule has 0 aromatic heterocycles. The van der Waals surface area contributed by atoms with Gasteiger partial charge < -0.3 is 9.47 Å². The molecule has 0 saturated carbocycles. The van der Waals surface area contributed by atoms with Gasteiger partial charge in [-0.05, 0) is 43.3 Å². The van der Waals surface area contributed by atoms with E-state index in [9.17, 15) is 10.1 Å². The first-order chi connectivity index (χ1) is 13.1. The molecular weight excluding hydrogens is 358 g/mol. The van der Waals surface area contributed by atoms with Gasteiger partial charge in [0, 0.05) is 5.56 Å². The van der Waals surface area contributed by atoms with Gasteiger partial charge >= 0.3 is 5.97 Å². The Labute approximate surface area is 161 Å². The number of fused-ring (bicyclic) bond motifs is 2. The van der Waals surface area contributed by atoms with Crippen LogP contribution in [0.3, 0.4) is 0 Å². The molecular formula is C22H15NO3S. The molecule has 27 heavy (non-hydrogen) atoms. The zero-order chi connectivity index (χ0) is 18.9. The highest BCUT2D eigenvalue weighted by Gasteiger charge is 2.33. The van der Waals surface area contributed by atoms with Crippen molar-refractivity contribution in [2.24, 2.45) is 0 Å². The highest BCUT2D eigenvalue weighted by Crippen LogP contribution is 2.47. The predicted molar refractivity (Wildman–Crippen MR) is 102 cm³/mol. The smallest absolute Gasteiger partial charge is 0.339 e.